The van der Waals surface area contributed by atoms with Gasteiger partial charge in [-0.2, -0.15) is 0 Å². The number of fused-ring (bicyclic) bond motifs is 1. The molecule has 10 heteroatoms. The van der Waals surface area contributed by atoms with Gasteiger partial charge in [-0.05, 0) is 12.2 Å². The quantitative estimate of drug-likeness (QED) is 0.421. The number of aliphatic hydroxyl groups excluding tert-OH is 3. The number of ether oxygens (including phenoxy) is 1. The zero-order valence-corrected chi connectivity index (χ0v) is 10.9. The molecule has 5 N–H and O–H groups in total. The van der Waals surface area contributed by atoms with Crippen molar-refractivity contribution in [2.24, 2.45) is 0 Å². The molecule has 2 aromatic heterocycles. The van der Waals surface area contributed by atoms with Gasteiger partial charge < -0.3 is 30.0 Å². The minimum Gasteiger partial charge on any atom is -0.394 e. The highest BCUT2D eigenvalue weighted by molar-refractivity contribution is 7.71. The molecular weight excluding hydrogens is 288 g/mol. The van der Waals surface area contributed by atoms with Crippen molar-refractivity contribution in [2.75, 3.05) is 6.61 Å². The van der Waals surface area contributed by atoms with Crippen molar-refractivity contribution in [1.29, 1.82) is 0 Å². The molecular formula is C10H12N4O5S. The molecule has 3 heterocycles. The maximum Gasteiger partial charge on any atom is 0.276 e. The summed E-state index contributed by atoms with van der Waals surface area (Å²) in [7, 11) is 0. The number of hydrogen-bond acceptors (Lipinski definition) is 7. The van der Waals surface area contributed by atoms with Gasteiger partial charge in [-0.1, -0.05) is 0 Å². The van der Waals surface area contributed by atoms with E-state index in [0.717, 1.165) is 0 Å². The Hall–Kier alpha value is -1.59. The largest absolute Gasteiger partial charge is 0.394 e. The summed E-state index contributed by atoms with van der Waals surface area (Å²) in [5.41, 5.74) is -0.0598. The predicted molar refractivity (Wildman–Crippen MR) is 68.5 cm³/mol. The van der Waals surface area contributed by atoms with Crippen LogP contribution in [-0.2, 0) is 4.74 Å². The van der Waals surface area contributed by atoms with Crippen LogP contribution in [0.1, 0.15) is 6.23 Å². The number of aromatic amines is 2. The average molecular weight is 300 g/mol. The third kappa shape index (κ3) is 1.81. The Bertz CT molecular complexity index is 752. The van der Waals surface area contributed by atoms with Crippen LogP contribution in [0, 0.1) is 4.77 Å². The molecule has 3 rings (SSSR count). The molecule has 20 heavy (non-hydrogen) atoms. The molecule has 1 aliphatic rings. The van der Waals surface area contributed by atoms with Crippen molar-refractivity contribution in [1.82, 2.24) is 19.5 Å². The van der Waals surface area contributed by atoms with E-state index in [1.807, 2.05) is 0 Å². The molecule has 4 atom stereocenters. The molecule has 0 spiro atoms. The molecule has 9 nitrogen and oxygen atoms in total. The first-order valence-electron chi connectivity index (χ1n) is 5.85. The minimum absolute atomic E-state index is 0.124. The van der Waals surface area contributed by atoms with Crippen LogP contribution in [0.25, 0.3) is 11.2 Å². The van der Waals surface area contributed by atoms with Gasteiger partial charge in [0.15, 0.2) is 22.2 Å². The summed E-state index contributed by atoms with van der Waals surface area (Å²) < 4.78 is 6.82. The first-order valence-corrected chi connectivity index (χ1v) is 6.25. The molecule has 0 unspecified atom stereocenters. The lowest BCUT2D eigenvalue weighted by atomic mass is 10.1. The Morgan fingerprint density at radius 1 is 1.45 bits per heavy atom. The molecule has 0 radical (unpaired) electrons. The van der Waals surface area contributed by atoms with Crippen molar-refractivity contribution in [3.63, 3.8) is 0 Å². The number of aliphatic hydroxyl groups is 3. The van der Waals surface area contributed by atoms with Crippen LogP contribution in [0.3, 0.4) is 0 Å². The number of H-pyrrole nitrogens is 2. The van der Waals surface area contributed by atoms with Gasteiger partial charge in [0.25, 0.3) is 5.56 Å². The Labute approximate surface area is 116 Å². The zero-order chi connectivity index (χ0) is 14.4. The summed E-state index contributed by atoms with van der Waals surface area (Å²) in [6.07, 6.45) is -3.30. The van der Waals surface area contributed by atoms with Crippen molar-refractivity contribution >= 4 is 23.4 Å². The maximum atomic E-state index is 11.6. The van der Waals surface area contributed by atoms with Gasteiger partial charge in [-0.25, -0.2) is 4.98 Å². The van der Waals surface area contributed by atoms with E-state index in [0.29, 0.717) is 0 Å². The van der Waals surface area contributed by atoms with Crippen LogP contribution in [0.5, 0.6) is 0 Å². The third-order valence-corrected chi connectivity index (χ3v) is 3.58. The number of rotatable bonds is 2. The van der Waals surface area contributed by atoms with Crippen LogP contribution < -0.4 is 5.56 Å². The normalized spacial score (nSPS) is 30.1. The highest BCUT2D eigenvalue weighted by Crippen LogP contribution is 2.31. The van der Waals surface area contributed by atoms with Crippen molar-refractivity contribution in [2.45, 2.75) is 24.5 Å². The smallest absolute Gasteiger partial charge is 0.276 e. The second-order valence-corrected chi connectivity index (χ2v) is 4.85. The number of nitrogens with zero attached hydrogens (tertiary/aromatic N) is 2. The Morgan fingerprint density at radius 3 is 2.85 bits per heavy atom. The van der Waals surface area contributed by atoms with Gasteiger partial charge in [-0.3, -0.25) is 9.36 Å². The summed E-state index contributed by atoms with van der Waals surface area (Å²) >= 11 is 5.10. The van der Waals surface area contributed by atoms with Crippen LogP contribution in [-0.4, -0.2) is 59.8 Å². The summed E-state index contributed by atoms with van der Waals surface area (Å²) in [5.74, 6) is 0. The molecule has 1 fully saturated rings. The van der Waals surface area contributed by atoms with Gasteiger partial charge >= 0.3 is 0 Å². The van der Waals surface area contributed by atoms with E-state index in [2.05, 4.69) is 15.0 Å². The minimum atomic E-state index is -1.29. The molecule has 0 aliphatic carbocycles. The van der Waals surface area contributed by atoms with Crippen molar-refractivity contribution < 1.29 is 20.1 Å². The van der Waals surface area contributed by atoms with Crippen molar-refractivity contribution in [3.05, 3.63) is 21.5 Å². The van der Waals surface area contributed by atoms with E-state index in [4.69, 9.17) is 22.1 Å². The van der Waals surface area contributed by atoms with Gasteiger partial charge in [0.05, 0.1) is 12.9 Å². The number of aromatic nitrogens is 4. The lowest BCUT2D eigenvalue weighted by Gasteiger charge is -2.16. The molecule has 1 aliphatic heterocycles. The van der Waals surface area contributed by atoms with Gasteiger partial charge in [-0.15, -0.1) is 0 Å². The van der Waals surface area contributed by atoms with Gasteiger partial charge in [0.1, 0.15) is 18.3 Å². The average Bonchev–Trinajstić information content (AvgIpc) is 2.90. The van der Waals surface area contributed by atoms with Gasteiger partial charge in [0.2, 0.25) is 0 Å². The monoisotopic (exact) mass is 300 g/mol. The number of imidazole rings is 1. The van der Waals surface area contributed by atoms with E-state index >= 15 is 0 Å². The summed E-state index contributed by atoms with van der Waals surface area (Å²) in [6, 6.07) is 0. The first-order chi connectivity index (χ1) is 9.54. The molecule has 0 saturated carbocycles. The fourth-order valence-corrected chi connectivity index (χ4v) is 2.57. The standard InChI is InChI=1S/C10H12N4O5S/c15-1-3-5(16)6(17)9(19-3)14-7-4(13-10(14)20)8(18)12-2-11-7/h2-3,5-6,9,15-17H,1H2,(H,13,20)(H,11,12,18)/t3-,5+,6+,9+/m0/s1. The van der Waals surface area contributed by atoms with Crippen LogP contribution in [0.15, 0.2) is 11.1 Å². The van der Waals surface area contributed by atoms with Crippen molar-refractivity contribution in [3.8, 4) is 0 Å². The second kappa shape index (κ2) is 4.75. The summed E-state index contributed by atoms with van der Waals surface area (Å²) in [4.78, 5) is 20.7. The molecule has 1 saturated heterocycles. The fraction of sp³-hybridized carbons (Fsp3) is 0.500. The Kier molecular flexibility index (Phi) is 3.18. The predicted octanol–water partition coefficient (Wildman–Crippen LogP) is -1.61. The lowest BCUT2D eigenvalue weighted by molar-refractivity contribution is -0.0517. The summed E-state index contributed by atoms with van der Waals surface area (Å²) in [6.45, 7) is -0.446. The molecule has 0 amide bonds. The maximum absolute atomic E-state index is 11.6. The fourth-order valence-electron chi connectivity index (χ4n) is 2.28. The van der Waals surface area contributed by atoms with E-state index in [1.165, 1.54) is 10.9 Å². The van der Waals surface area contributed by atoms with Gasteiger partial charge in [0, 0.05) is 0 Å². The highest BCUT2D eigenvalue weighted by Gasteiger charge is 2.44. The molecule has 2 aromatic rings. The topological polar surface area (TPSA) is 136 Å². The Morgan fingerprint density at radius 2 is 2.20 bits per heavy atom. The molecule has 0 aromatic carbocycles. The SMILES string of the molecule is O=c1[nH]cnc2c1[nH]c(=S)n2[C@@H]1O[C@@H](CO)[C@@H](O)[C@H]1O. The third-order valence-electron chi connectivity index (χ3n) is 3.28. The van der Waals surface area contributed by atoms with E-state index in [9.17, 15) is 15.0 Å². The second-order valence-electron chi connectivity index (χ2n) is 4.46. The highest BCUT2D eigenvalue weighted by atomic mass is 32.1. The van der Waals surface area contributed by atoms with Crippen LogP contribution in [0.4, 0.5) is 0 Å². The first kappa shape index (κ1) is 13.4. The van der Waals surface area contributed by atoms with E-state index in [1.54, 1.807) is 0 Å². The van der Waals surface area contributed by atoms with E-state index in [-0.39, 0.29) is 15.9 Å². The molecule has 108 valence electrons. The zero-order valence-electron chi connectivity index (χ0n) is 10.1. The summed E-state index contributed by atoms with van der Waals surface area (Å²) in [5, 5.41) is 28.9. The Balaban J connectivity index is 2.16. The lowest BCUT2D eigenvalue weighted by Crippen LogP contribution is -2.33. The number of nitrogens with one attached hydrogen (secondary N) is 2. The van der Waals surface area contributed by atoms with E-state index < -0.39 is 36.7 Å². The van der Waals surface area contributed by atoms with Crippen LogP contribution in [0.2, 0.25) is 0 Å². The number of hydrogen-bond donors (Lipinski definition) is 5. The molecule has 0 bridgehead atoms. The van der Waals surface area contributed by atoms with Crippen LogP contribution >= 0.6 is 12.2 Å².